The van der Waals surface area contributed by atoms with Crippen molar-refractivity contribution in [1.29, 1.82) is 0 Å². The van der Waals surface area contributed by atoms with Gasteiger partial charge in [-0.2, -0.15) is 0 Å². The molecule has 1 amide bonds. The number of nitrogens with one attached hydrogen (secondary N) is 1. The van der Waals surface area contributed by atoms with Gasteiger partial charge >= 0.3 is 0 Å². The van der Waals surface area contributed by atoms with Crippen molar-refractivity contribution < 1.29 is 4.79 Å². The zero-order chi connectivity index (χ0) is 14.7. The Morgan fingerprint density at radius 1 is 1.00 bits per heavy atom. The minimum absolute atomic E-state index is 0.0514. The van der Waals surface area contributed by atoms with Gasteiger partial charge in [-0.25, -0.2) is 0 Å². The molecule has 4 fully saturated rings. The average molecular weight is 283 g/mol. The van der Waals surface area contributed by atoms with E-state index in [2.05, 4.69) is 19.2 Å². The van der Waals surface area contributed by atoms with Crippen LogP contribution in [0.2, 0.25) is 0 Å². The highest BCUT2D eigenvalue weighted by Crippen LogP contribution is 2.66. The SMILES string of the molecule is C[C@]12CC3CC(NC(=O)c4ccccc4)(C1)C[C@@](C)(C3)C2. The molecular weight excluding hydrogens is 258 g/mol. The molecule has 2 heteroatoms. The molecule has 112 valence electrons. The second-order valence-corrected chi connectivity index (χ2v) is 8.73. The van der Waals surface area contributed by atoms with Crippen molar-refractivity contribution in [2.45, 2.75) is 57.9 Å². The van der Waals surface area contributed by atoms with Crippen molar-refractivity contribution in [1.82, 2.24) is 5.32 Å². The molecule has 4 saturated carbocycles. The van der Waals surface area contributed by atoms with Crippen LogP contribution in [0.15, 0.2) is 30.3 Å². The number of hydrogen-bond donors (Lipinski definition) is 1. The summed E-state index contributed by atoms with van der Waals surface area (Å²) in [6, 6.07) is 9.68. The van der Waals surface area contributed by atoms with E-state index in [0.717, 1.165) is 11.5 Å². The highest BCUT2D eigenvalue weighted by molar-refractivity contribution is 5.94. The van der Waals surface area contributed by atoms with E-state index in [9.17, 15) is 4.79 Å². The predicted octanol–water partition coefficient (Wildman–Crippen LogP) is 4.17. The molecule has 0 saturated heterocycles. The lowest BCUT2D eigenvalue weighted by atomic mass is 9.43. The van der Waals surface area contributed by atoms with E-state index in [1.807, 2.05) is 30.3 Å². The van der Waals surface area contributed by atoms with Crippen molar-refractivity contribution in [2.24, 2.45) is 16.7 Å². The summed E-state index contributed by atoms with van der Waals surface area (Å²) in [5.41, 5.74) is 1.73. The van der Waals surface area contributed by atoms with Crippen molar-refractivity contribution in [3.8, 4) is 0 Å². The van der Waals surface area contributed by atoms with Crippen LogP contribution in [0.5, 0.6) is 0 Å². The van der Waals surface area contributed by atoms with Gasteiger partial charge in [-0.3, -0.25) is 4.79 Å². The topological polar surface area (TPSA) is 29.1 Å². The van der Waals surface area contributed by atoms with Gasteiger partial charge < -0.3 is 5.32 Å². The molecule has 0 spiro atoms. The number of hydrogen-bond acceptors (Lipinski definition) is 1. The zero-order valence-electron chi connectivity index (χ0n) is 13.1. The molecule has 2 unspecified atom stereocenters. The Balaban J connectivity index is 1.61. The van der Waals surface area contributed by atoms with Gasteiger partial charge in [-0.1, -0.05) is 32.0 Å². The molecule has 2 nitrogen and oxygen atoms in total. The summed E-state index contributed by atoms with van der Waals surface area (Å²) >= 11 is 0. The number of carbonyl (C=O) groups is 1. The van der Waals surface area contributed by atoms with E-state index in [0.29, 0.717) is 10.8 Å². The number of amides is 1. The van der Waals surface area contributed by atoms with E-state index in [-0.39, 0.29) is 11.4 Å². The first-order valence-corrected chi connectivity index (χ1v) is 8.27. The van der Waals surface area contributed by atoms with Gasteiger partial charge in [0, 0.05) is 11.1 Å². The summed E-state index contributed by atoms with van der Waals surface area (Å²) in [5.74, 6) is 0.928. The normalized spacial score (nSPS) is 43.8. The summed E-state index contributed by atoms with van der Waals surface area (Å²) in [6.07, 6.45) is 7.61. The van der Waals surface area contributed by atoms with E-state index in [1.165, 1.54) is 38.5 Å². The van der Waals surface area contributed by atoms with Gasteiger partial charge in [0.2, 0.25) is 0 Å². The number of rotatable bonds is 2. The summed E-state index contributed by atoms with van der Waals surface area (Å²) in [4.78, 5) is 12.6. The van der Waals surface area contributed by atoms with Crippen LogP contribution >= 0.6 is 0 Å². The number of carbonyl (C=O) groups excluding carboxylic acids is 1. The Labute approximate surface area is 127 Å². The number of benzene rings is 1. The minimum atomic E-state index is 0.0514. The maximum Gasteiger partial charge on any atom is 0.251 e. The van der Waals surface area contributed by atoms with Gasteiger partial charge in [0.15, 0.2) is 0 Å². The quantitative estimate of drug-likeness (QED) is 0.867. The highest BCUT2D eigenvalue weighted by atomic mass is 16.1. The largest absolute Gasteiger partial charge is 0.347 e. The lowest BCUT2D eigenvalue weighted by molar-refractivity contribution is -0.114. The van der Waals surface area contributed by atoms with Crippen LogP contribution < -0.4 is 5.32 Å². The van der Waals surface area contributed by atoms with Gasteiger partial charge in [-0.05, 0) is 67.4 Å². The molecule has 4 bridgehead atoms. The Hall–Kier alpha value is -1.31. The van der Waals surface area contributed by atoms with Crippen LogP contribution in [0.25, 0.3) is 0 Å². The Morgan fingerprint density at radius 3 is 2.19 bits per heavy atom. The first-order chi connectivity index (χ1) is 9.90. The van der Waals surface area contributed by atoms with E-state index in [4.69, 9.17) is 0 Å². The van der Waals surface area contributed by atoms with Crippen LogP contribution in [0.4, 0.5) is 0 Å². The molecule has 1 aromatic carbocycles. The molecule has 0 radical (unpaired) electrons. The zero-order valence-corrected chi connectivity index (χ0v) is 13.1. The Morgan fingerprint density at radius 2 is 1.62 bits per heavy atom. The van der Waals surface area contributed by atoms with Crippen LogP contribution in [0.3, 0.4) is 0 Å². The lowest BCUT2D eigenvalue weighted by Gasteiger charge is -2.65. The van der Waals surface area contributed by atoms with Gasteiger partial charge in [0.1, 0.15) is 0 Å². The van der Waals surface area contributed by atoms with Crippen LogP contribution in [-0.4, -0.2) is 11.4 Å². The maximum atomic E-state index is 12.6. The molecular formula is C19H25NO. The van der Waals surface area contributed by atoms with Crippen molar-refractivity contribution >= 4 is 5.91 Å². The fourth-order valence-electron chi connectivity index (χ4n) is 6.49. The summed E-state index contributed by atoms with van der Waals surface area (Å²) in [7, 11) is 0. The fourth-order valence-corrected chi connectivity index (χ4v) is 6.49. The summed E-state index contributed by atoms with van der Waals surface area (Å²) in [6.45, 7) is 4.89. The first-order valence-electron chi connectivity index (χ1n) is 8.27. The monoisotopic (exact) mass is 283 g/mol. The molecule has 1 N–H and O–H groups in total. The van der Waals surface area contributed by atoms with Gasteiger partial charge in [0.25, 0.3) is 5.91 Å². The second kappa shape index (κ2) is 4.12. The average Bonchev–Trinajstić information content (AvgIpc) is 2.34. The van der Waals surface area contributed by atoms with Crippen molar-refractivity contribution in [3.05, 3.63) is 35.9 Å². The Kier molecular flexibility index (Phi) is 2.62. The van der Waals surface area contributed by atoms with Crippen LogP contribution in [0, 0.1) is 16.7 Å². The van der Waals surface area contributed by atoms with Crippen molar-refractivity contribution in [3.63, 3.8) is 0 Å². The molecule has 4 atom stereocenters. The lowest BCUT2D eigenvalue weighted by Crippen LogP contribution is -2.65. The fraction of sp³-hybridized carbons (Fsp3) is 0.632. The molecule has 21 heavy (non-hydrogen) atoms. The van der Waals surface area contributed by atoms with Crippen LogP contribution in [-0.2, 0) is 0 Å². The molecule has 1 aromatic rings. The predicted molar refractivity (Wildman–Crippen MR) is 84.0 cm³/mol. The van der Waals surface area contributed by atoms with E-state index >= 15 is 0 Å². The molecule has 5 rings (SSSR count). The molecule has 0 aliphatic heterocycles. The van der Waals surface area contributed by atoms with E-state index in [1.54, 1.807) is 0 Å². The summed E-state index contributed by atoms with van der Waals surface area (Å²) in [5, 5.41) is 3.45. The Bertz CT molecular complexity index is 560. The molecule has 0 heterocycles. The van der Waals surface area contributed by atoms with Gasteiger partial charge in [-0.15, -0.1) is 0 Å². The van der Waals surface area contributed by atoms with Gasteiger partial charge in [0.05, 0.1) is 0 Å². The molecule has 4 aliphatic rings. The third-order valence-electron chi connectivity index (χ3n) is 6.04. The smallest absolute Gasteiger partial charge is 0.251 e. The third kappa shape index (κ3) is 2.20. The maximum absolute atomic E-state index is 12.6. The highest BCUT2D eigenvalue weighted by Gasteiger charge is 2.60. The molecule has 4 aliphatic carbocycles. The first kappa shape index (κ1) is 13.4. The van der Waals surface area contributed by atoms with Crippen molar-refractivity contribution in [2.75, 3.05) is 0 Å². The van der Waals surface area contributed by atoms with E-state index < -0.39 is 0 Å². The third-order valence-corrected chi connectivity index (χ3v) is 6.04. The molecule has 0 aromatic heterocycles. The van der Waals surface area contributed by atoms with Crippen LogP contribution in [0.1, 0.15) is 62.7 Å². The summed E-state index contributed by atoms with van der Waals surface area (Å²) < 4.78 is 0. The second-order valence-electron chi connectivity index (χ2n) is 8.73. The standard InChI is InChI=1S/C19H25NO/c1-17-8-14-9-18(2,11-17)13-19(10-14,12-17)20-16(21)15-6-4-3-5-7-15/h3-7,14H,8-13H2,1-2H3,(H,20,21)/t14?,17-,18+,19?. The minimum Gasteiger partial charge on any atom is -0.347 e.